The van der Waals surface area contributed by atoms with E-state index >= 15 is 0 Å². The zero-order chi connectivity index (χ0) is 15.1. The standard InChI is InChI=1S/C19H30FN/c1-3-21-19(12-9-16-7-5-4-6-8-16)14-17-10-11-18(20)13-15(17)2/h10-11,13,16,19,21H,3-9,12,14H2,1-2H3. The molecule has 1 fully saturated rings. The van der Waals surface area contributed by atoms with Gasteiger partial charge in [0.15, 0.2) is 0 Å². The highest BCUT2D eigenvalue weighted by Gasteiger charge is 2.16. The fourth-order valence-electron chi connectivity index (χ4n) is 3.63. The first-order valence-electron chi connectivity index (χ1n) is 8.67. The summed E-state index contributed by atoms with van der Waals surface area (Å²) >= 11 is 0. The van der Waals surface area contributed by atoms with Crippen LogP contribution in [0.15, 0.2) is 18.2 Å². The van der Waals surface area contributed by atoms with Crippen LogP contribution in [0.2, 0.25) is 0 Å². The van der Waals surface area contributed by atoms with E-state index in [9.17, 15) is 4.39 Å². The molecule has 0 saturated heterocycles. The third kappa shape index (κ3) is 5.43. The third-order valence-electron chi connectivity index (χ3n) is 4.91. The zero-order valence-corrected chi connectivity index (χ0v) is 13.6. The van der Waals surface area contributed by atoms with Crippen molar-refractivity contribution in [3.8, 4) is 0 Å². The van der Waals surface area contributed by atoms with E-state index in [1.165, 1.54) is 50.5 Å². The Balaban J connectivity index is 1.88. The van der Waals surface area contributed by atoms with Crippen LogP contribution in [0.25, 0.3) is 0 Å². The molecule has 0 amide bonds. The summed E-state index contributed by atoms with van der Waals surface area (Å²) in [5, 5.41) is 3.62. The average Bonchev–Trinajstić information content (AvgIpc) is 2.49. The molecule has 1 atom stereocenters. The quantitative estimate of drug-likeness (QED) is 0.744. The molecule has 0 aliphatic heterocycles. The minimum absolute atomic E-state index is 0.126. The van der Waals surface area contributed by atoms with Gasteiger partial charge in [-0.05, 0) is 61.9 Å². The van der Waals surface area contributed by atoms with Crippen LogP contribution < -0.4 is 5.32 Å². The van der Waals surface area contributed by atoms with Gasteiger partial charge >= 0.3 is 0 Å². The number of likely N-dealkylation sites (N-methyl/N-ethyl adjacent to an activating group) is 1. The summed E-state index contributed by atoms with van der Waals surface area (Å²) in [6.45, 7) is 5.20. The summed E-state index contributed by atoms with van der Waals surface area (Å²) < 4.78 is 13.2. The Morgan fingerprint density at radius 3 is 2.67 bits per heavy atom. The molecule has 21 heavy (non-hydrogen) atoms. The van der Waals surface area contributed by atoms with Gasteiger partial charge in [-0.3, -0.25) is 0 Å². The normalized spacial score (nSPS) is 17.9. The molecule has 0 heterocycles. The second kappa shape index (κ2) is 8.53. The molecular weight excluding hydrogens is 261 g/mol. The predicted molar refractivity (Wildman–Crippen MR) is 88.1 cm³/mol. The van der Waals surface area contributed by atoms with Crippen molar-refractivity contribution in [2.45, 2.75) is 71.3 Å². The Morgan fingerprint density at radius 1 is 1.24 bits per heavy atom. The molecule has 2 heteroatoms. The highest BCUT2D eigenvalue weighted by Crippen LogP contribution is 2.28. The molecule has 1 aromatic carbocycles. The van der Waals surface area contributed by atoms with Crippen LogP contribution in [0.4, 0.5) is 4.39 Å². The Labute approximate surface area is 129 Å². The molecular formula is C19H30FN. The lowest BCUT2D eigenvalue weighted by Crippen LogP contribution is -2.32. The van der Waals surface area contributed by atoms with E-state index in [1.54, 1.807) is 12.1 Å². The summed E-state index contributed by atoms with van der Waals surface area (Å²) in [7, 11) is 0. The van der Waals surface area contributed by atoms with Crippen LogP contribution in [0, 0.1) is 18.7 Å². The van der Waals surface area contributed by atoms with Gasteiger partial charge in [0.25, 0.3) is 0 Å². The fraction of sp³-hybridized carbons (Fsp3) is 0.684. The molecule has 118 valence electrons. The SMILES string of the molecule is CCNC(CCC1CCCCC1)Cc1ccc(F)cc1C. The number of nitrogens with one attached hydrogen (secondary N) is 1. The summed E-state index contributed by atoms with van der Waals surface area (Å²) in [5.41, 5.74) is 2.36. The van der Waals surface area contributed by atoms with E-state index in [1.807, 2.05) is 13.0 Å². The highest BCUT2D eigenvalue weighted by atomic mass is 19.1. The van der Waals surface area contributed by atoms with Gasteiger partial charge < -0.3 is 5.32 Å². The maximum Gasteiger partial charge on any atom is 0.123 e. The highest BCUT2D eigenvalue weighted by molar-refractivity contribution is 5.27. The molecule has 0 bridgehead atoms. The third-order valence-corrected chi connectivity index (χ3v) is 4.91. The molecule has 1 unspecified atom stereocenters. The van der Waals surface area contributed by atoms with Crippen molar-refractivity contribution < 1.29 is 4.39 Å². The smallest absolute Gasteiger partial charge is 0.123 e. The molecule has 1 saturated carbocycles. The van der Waals surface area contributed by atoms with E-state index < -0.39 is 0 Å². The molecule has 2 rings (SSSR count). The minimum atomic E-state index is -0.126. The first kappa shape index (κ1) is 16.5. The first-order chi connectivity index (χ1) is 10.2. The maximum atomic E-state index is 13.2. The number of halogens is 1. The van der Waals surface area contributed by atoms with Gasteiger partial charge in [0.1, 0.15) is 5.82 Å². The van der Waals surface area contributed by atoms with Gasteiger partial charge in [-0.15, -0.1) is 0 Å². The summed E-state index contributed by atoms with van der Waals surface area (Å²) in [6, 6.07) is 5.72. The van der Waals surface area contributed by atoms with E-state index in [2.05, 4.69) is 12.2 Å². The first-order valence-corrected chi connectivity index (χ1v) is 8.67. The molecule has 0 aromatic heterocycles. The second-order valence-corrected chi connectivity index (χ2v) is 6.61. The van der Waals surface area contributed by atoms with Crippen LogP contribution in [0.5, 0.6) is 0 Å². The molecule has 1 aliphatic carbocycles. The van der Waals surface area contributed by atoms with Crippen molar-refractivity contribution in [3.05, 3.63) is 35.1 Å². The lowest BCUT2D eigenvalue weighted by atomic mass is 9.84. The summed E-state index contributed by atoms with van der Waals surface area (Å²) in [6.07, 6.45) is 10.7. The van der Waals surface area contributed by atoms with Crippen molar-refractivity contribution in [2.75, 3.05) is 6.54 Å². The second-order valence-electron chi connectivity index (χ2n) is 6.61. The topological polar surface area (TPSA) is 12.0 Å². The van der Waals surface area contributed by atoms with E-state index in [4.69, 9.17) is 0 Å². The van der Waals surface area contributed by atoms with Crippen LogP contribution in [-0.2, 0) is 6.42 Å². The summed E-state index contributed by atoms with van der Waals surface area (Å²) in [5.74, 6) is 0.813. The summed E-state index contributed by atoms with van der Waals surface area (Å²) in [4.78, 5) is 0. The molecule has 1 aliphatic rings. The van der Waals surface area contributed by atoms with Gasteiger partial charge in [0, 0.05) is 6.04 Å². The Hall–Kier alpha value is -0.890. The average molecular weight is 291 g/mol. The van der Waals surface area contributed by atoms with Crippen LogP contribution in [-0.4, -0.2) is 12.6 Å². The lowest BCUT2D eigenvalue weighted by molar-refractivity contribution is 0.313. The molecule has 0 radical (unpaired) electrons. The van der Waals surface area contributed by atoms with E-state index in [0.717, 1.165) is 24.4 Å². The molecule has 0 spiro atoms. The Kier molecular flexibility index (Phi) is 6.69. The maximum absolute atomic E-state index is 13.2. The van der Waals surface area contributed by atoms with Gasteiger partial charge in [-0.1, -0.05) is 45.1 Å². The van der Waals surface area contributed by atoms with Gasteiger partial charge in [0.2, 0.25) is 0 Å². The van der Waals surface area contributed by atoms with Crippen molar-refractivity contribution in [1.82, 2.24) is 5.32 Å². The van der Waals surface area contributed by atoms with Crippen LogP contribution >= 0.6 is 0 Å². The van der Waals surface area contributed by atoms with E-state index in [0.29, 0.717) is 6.04 Å². The molecule has 1 N–H and O–H groups in total. The monoisotopic (exact) mass is 291 g/mol. The van der Waals surface area contributed by atoms with Gasteiger partial charge in [0.05, 0.1) is 0 Å². The Bertz CT molecular complexity index is 424. The van der Waals surface area contributed by atoms with Gasteiger partial charge in [-0.2, -0.15) is 0 Å². The van der Waals surface area contributed by atoms with Crippen LogP contribution in [0.3, 0.4) is 0 Å². The van der Waals surface area contributed by atoms with E-state index in [-0.39, 0.29) is 5.82 Å². The number of benzene rings is 1. The largest absolute Gasteiger partial charge is 0.314 e. The predicted octanol–water partition coefficient (Wildman–Crippen LogP) is 5.02. The number of aryl methyl sites for hydroxylation is 1. The number of rotatable bonds is 7. The lowest BCUT2D eigenvalue weighted by Gasteiger charge is -2.25. The van der Waals surface area contributed by atoms with Crippen LogP contribution in [0.1, 0.15) is 63.0 Å². The minimum Gasteiger partial charge on any atom is -0.314 e. The van der Waals surface area contributed by atoms with Crippen molar-refractivity contribution in [1.29, 1.82) is 0 Å². The van der Waals surface area contributed by atoms with Crippen molar-refractivity contribution >= 4 is 0 Å². The number of hydrogen-bond acceptors (Lipinski definition) is 1. The zero-order valence-electron chi connectivity index (χ0n) is 13.6. The Morgan fingerprint density at radius 2 is 2.00 bits per heavy atom. The van der Waals surface area contributed by atoms with Crippen molar-refractivity contribution in [3.63, 3.8) is 0 Å². The molecule has 1 aromatic rings. The van der Waals surface area contributed by atoms with Gasteiger partial charge in [-0.25, -0.2) is 4.39 Å². The van der Waals surface area contributed by atoms with Crippen molar-refractivity contribution in [2.24, 2.45) is 5.92 Å². The fourth-order valence-corrected chi connectivity index (χ4v) is 3.63. The molecule has 1 nitrogen and oxygen atoms in total. The number of hydrogen-bond donors (Lipinski definition) is 1.